The number of nitrogens with zero attached hydrogens (tertiary/aromatic N) is 2. The number of rotatable bonds is 4. The minimum absolute atomic E-state index is 0.160. The summed E-state index contributed by atoms with van der Waals surface area (Å²) in [6.07, 6.45) is 1.53. The van der Waals surface area contributed by atoms with Crippen molar-refractivity contribution in [2.45, 2.75) is 13.5 Å². The Hall–Kier alpha value is -2.67. The summed E-state index contributed by atoms with van der Waals surface area (Å²) in [5, 5.41) is 3.89. The Kier molecular flexibility index (Phi) is 4.61. The van der Waals surface area contributed by atoms with Crippen molar-refractivity contribution in [1.29, 1.82) is 0 Å². The number of carbonyl (C=O) groups is 1. The molecular formula is C17H14BrN3O3. The molecule has 0 atom stereocenters. The molecule has 1 N–H and O–H groups in total. The highest BCUT2D eigenvalue weighted by Gasteiger charge is 2.12. The number of nitrogens with one attached hydrogen (secondary N) is 1. The van der Waals surface area contributed by atoms with Gasteiger partial charge in [0.25, 0.3) is 5.91 Å². The summed E-state index contributed by atoms with van der Waals surface area (Å²) in [7, 11) is 0. The average Bonchev–Trinajstić information content (AvgIpc) is 2.85. The SMILES string of the molecule is Cc1ccc2oc(=O)n(CC(=O)N/N=C/c3ccc(Br)cc3)c2c1. The van der Waals surface area contributed by atoms with Gasteiger partial charge < -0.3 is 4.42 Å². The Labute approximate surface area is 145 Å². The second-order valence-corrected chi connectivity index (χ2v) is 6.19. The number of halogens is 1. The summed E-state index contributed by atoms with van der Waals surface area (Å²) >= 11 is 3.35. The van der Waals surface area contributed by atoms with E-state index in [0.29, 0.717) is 11.1 Å². The Balaban J connectivity index is 1.71. The summed E-state index contributed by atoms with van der Waals surface area (Å²) in [6.45, 7) is 1.75. The van der Waals surface area contributed by atoms with Crippen molar-refractivity contribution >= 4 is 39.2 Å². The Morgan fingerprint density at radius 3 is 2.79 bits per heavy atom. The molecule has 3 rings (SSSR count). The largest absolute Gasteiger partial charge is 0.420 e. The number of fused-ring (bicyclic) bond motifs is 1. The first-order valence-electron chi connectivity index (χ1n) is 7.20. The second-order valence-electron chi connectivity index (χ2n) is 5.27. The quantitative estimate of drug-likeness (QED) is 0.552. The van der Waals surface area contributed by atoms with Crippen molar-refractivity contribution in [1.82, 2.24) is 9.99 Å². The molecule has 3 aromatic rings. The van der Waals surface area contributed by atoms with Crippen LogP contribution < -0.4 is 11.2 Å². The number of benzene rings is 2. The average molecular weight is 388 g/mol. The van der Waals surface area contributed by atoms with Crippen molar-refractivity contribution in [3.8, 4) is 0 Å². The highest BCUT2D eigenvalue weighted by Crippen LogP contribution is 2.14. The fourth-order valence-electron chi connectivity index (χ4n) is 2.23. The molecule has 24 heavy (non-hydrogen) atoms. The number of amides is 1. The van der Waals surface area contributed by atoms with Gasteiger partial charge in [-0.25, -0.2) is 10.2 Å². The molecule has 2 aromatic carbocycles. The summed E-state index contributed by atoms with van der Waals surface area (Å²) in [4.78, 5) is 23.9. The van der Waals surface area contributed by atoms with Gasteiger partial charge in [0.05, 0.1) is 11.7 Å². The minimum Gasteiger partial charge on any atom is -0.408 e. The van der Waals surface area contributed by atoms with Crippen LogP contribution in [0.4, 0.5) is 0 Å². The number of hydrogen-bond donors (Lipinski definition) is 1. The van der Waals surface area contributed by atoms with Crippen molar-refractivity contribution in [3.05, 3.63) is 68.6 Å². The molecule has 0 spiro atoms. The van der Waals surface area contributed by atoms with Crippen LogP contribution >= 0.6 is 15.9 Å². The highest BCUT2D eigenvalue weighted by molar-refractivity contribution is 9.10. The monoisotopic (exact) mass is 387 g/mol. The fourth-order valence-corrected chi connectivity index (χ4v) is 2.49. The zero-order valence-corrected chi connectivity index (χ0v) is 14.4. The molecule has 6 nitrogen and oxygen atoms in total. The first-order chi connectivity index (χ1) is 11.5. The smallest absolute Gasteiger partial charge is 0.408 e. The summed E-state index contributed by atoms with van der Waals surface area (Å²) in [5.74, 6) is -0.975. The van der Waals surface area contributed by atoms with Crippen molar-refractivity contribution in [2.24, 2.45) is 5.10 Å². The lowest BCUT2D eigenvalue weighted by Gasteiger charge is -2.01. The summed E-state index contributed by atoms with van der Waals surface area (Å²) < 4.78 is 7.37. The van der Waals surface area contributed by atoms with E-state index in [1.165, 1.54) is 10.8 Å². The normalized spacial score (nSPS) is 11.2. The third kappa shape index (κ3) is 3.62. The van der Waals surface area contributed by atoms with E-state index in [1.807, 2.05) is 37.3 Å². The molecule has 1 aromatic heterocycles. The van der Waals surface area contributed by atoms with Crippen LogP contribution in [-0.2, 0) is 11.3 Å². The zero-order valence-electron chi connectivity index (χ0n) is 12.8. The third-order valence-corrected chi connectivity index (χ3v) is 3.93. The molecule has 1 heterocycles. The van der Waals surface area contributed by atoms with Gasteiger partial charge in [0.15, 0.2) is 5.58 Å². The van der Waals surface area contributed by atoms with Crippen LogP contribution in [0.5, 0.6) is 0 Å². The van der Waals surface area contributed by atoms with Crippen LogP contribution in [0.1, 0.15) is 11.1 Å². The lowest BCUT2D eigenvalue weighted by molar-refractivity contribution is -0.121. The van der Waals surface area contributed by atoms with Gasteiger partial charge in [-0.15, -0.1) is 0 Å². The summed E-state index contributed by atoms with van der Waals surface area (Å²) in [6, 6.07) is 12.8. The van der Waals surface area contributed by atoms with Gasteiger partial charge in [0.2, 0.25) is 0 Å². The minimum atomic E-state index is -0.567. The molecule has 0 aliphatic carbocycles. The molecule has 0 unspecified atom stereocenters. The van der Waals surface area contributed by atoms with Crippen molar-refractivity contribution in [3.63, 3.8) is 0 Å². The van der Waals surface area contributed by atoms with Gasteiger partial charge in [-0.1, -0.05) is 34.1 Å². The van der Waals surface area contributed by atoms with E-state index in [1.54, 1.807) is 12.1 Å². The van der Waals surface area contributed by atoms with Gasteiger partial charge in [0.1, 0.15) is 6.54 Å². The fraction of sp³-hybridized carbons (Fsp3) is 0.118. The van der Waals surface area contributed by atoms with E-state index < -0.39 is 11.7 Å². The van der Waals surface area contributed by atoms with E-state index in [2.05, 4.69) is 26.5 Å². The van der Waals surface area contributed by atoms with Gasteiger partial charge in [-0.3, -0.25) is 9.36 Å². The molecule has 122 valence electrons. The lowest BCUT2D eigenvalue weighted by Crippen LogP contribution is -2.27. The third-order valence-electron chi connectivity index (χ3n) is 3.40. The molecule has 0 saturated carbocycles. The Bertz CT molecular complexity index is 971. The highest BCUT2D eigenvalue weighted by atomic mass is 79.9. The topological polar surface area (TPSA) is 76.6 Å². The molecule has 0 aliphatic rings. The number of aryl methyl sites for hydroxylation is 1. The first kappa shape index (κ1) is 16.2. The van der Waals surface area contributed by atoms with Gasteiger partial charge in [-0.05, 0) is 42.3 Å². The van der Waals surface area contributed by atoms with Gasteiger partial charge >= 0.3 is 5.76 Å². The number of oxazole rings is 1. The van der Waals surface area contributed by atoms with Crippen LogP contribution in [0.3, 0.4) is 0 Å². The number of hydrazone groups is 1. The molecule has 0 saturated heterocycles. The first-order valence-corrected chi connectivity index (χ1v) is 8.00. The lowest BCUT2D eigenvalue weighted by atomic mass is 10.2. The molecule has 0 bridgehead atoms. The number of carbonyl (C=O) groups excluding carboxylic acids is 1. The Morgan fingerprint density at radius 1 is 1.29 bits per heavy atom. The van der Waals surface area contributed by atoms with Crippen molar-refractivity contribution in [2.75, 3.05) is 0 Å². The van der Waals surface area contributed by atoms with Gasteiger partial charge in [-0.2, -0.15) is 5.10 Å². The van der Waals surface area contributed by atoms with E-state index in [9.17, 15) is 9.59 Å². The van der Waals surface area contributed by atoms with E-state index in [-0.39, 0.29) is 6.54 Å². The predicted molar refractivity (Wildman–Crippen MR) is 95.1 cm³/mol. The number of hydrogen-bond acceptors (Lipinski definition) is 4. The molecule has 0 aliphatic heterocycles. The van der Waals surface area contributed by atoms with E-state index in [0.717, 1.165) is 15.6 Å². The predicted octanol–water partition coefficient (Wildman–Crippen LogP) is 2.82. The second kappa shape index (κ2) is 6.84. The zero-order chi connectivity index (χ0) is 17.1. The summed E-state index contributed by atoms with van der Waals surface area (Å²) in [5.41, 5.74) is 5.28. The van der Waals surface area contributed by atoms with Crippen molar-refractivity contribution < 1.29 is 9.21 Å². The molecule has 0 radical (unpaired) electrons. The van der Waals surface area contributed by atoms with Crippen LogP contribution in [0.15, 0.2) is 61.3 Å². The maximum absolute atomic E-state index is 12.0. The number of aromatic nitrogens is 1. The maximum atomic E-state index is 12.0. The standard InChI is InChI=1S/C17H14BrN3O3/c1-11-2-7-15-14(8-11)21(17(23)24-15)10-16(22)20-19-9-12-3-5-13(18)6-4-12/h2-9H,10H2,1H3,(H,20,22)/b19-9+. The Morgan fingerprint density at radius 2 is 2.04 bits per heavy atom. The van der Waals surface area contributed by atoms with Crippen LogP contribution in [0.25, 0.3) is 11.1 Å². The molecule has 0 fully saturated rings. The van der Waals surface area contributed by atoms with Gasteiger partial charge in [0, 0.05) is 4.47 Å². The molecular weight excluding hydrogens is 374 g/mol. The van der Waals surface area contributed by atoms with Crippen LogP contribution in [-0.4, -0.2) is 16.7 Å². The van der Waals surface area contributed by atoms with E-state index in [4.69, 9.17) is 4.42 Å². The maximum Gasteiger partial charge on any atom is 0.420 e. The molecule has 1 amide bonds. The van der Waals surface area contributed by atoms with Crippen LogP contribution in [0.2, 0.25) is 0 Å². The van der Waals surface area contributed by atoms with Crippen LogP contribution in [0, 0.1) is 6.92 Å². The van der Waals surface area contributed by atoms with E-state index >= 15 is 0 Å². The molecule has 7 heteroatoms.